The number of anilines is 3. The first-order valence-electron chi connectivity index (χ1n) is 5.76. The lowest BCUT2D eigenvalue weighted by Crippen LogP contribution is -2.10. The van der Waals surface area contributed by atoms with Crippen LogP contribution in [0.1, 0.15) is 5.56 Å². The minimum Gasteiger partial charge on any atom is -0.337 e. The Morgan fingerprint density at radius 1 is 1.19 bits per heavy atom. The first-order chi connectivity index (χ1) is 9.90. The zero-order valence-electron chi connectivity index (χ0n) is 10.9. The number of halogens is 2. The molecule has 0 radical (unpaired) electrons. The molecule has 0 unspecified atom stereocenters. The maximum Gasteiger partial charge on any atom is 0.276 e. The highest BCUT2D eigenvalue weighted by Crippen LogP contribution is 2.26. The molecular formula is C12H11F2N5O2. The number of nitrogen functional groups attached to an aromatic ring is 1. The van der Waals surface area contributed by atoms with Crippen molar-refractivity contribution < 1.29 is 13.7 Å². The number of hydrazine groups is 1. The molecule has 1 aromatic carbocycles. The number of aryl methyl sites for hydroxylation is 1. The van der Waals surface area contributed by atoms with Crippen molar-refractivity contribution in [2.24, 2.45) is 5.84 Å². The van der Waals surface area contributed by atoms with Crippen LogP contribution in [0.2, 0.25) is 0 Å². The molecule has 0 aliphatic carbocycles. The zero-order chi connectivity index (χ0) is 15.6. The van der Waals surface area contributed by atoms with Crippen molar-refractivity contribution in [3.8, 4) is 0 Å². The number of hydrogen-bond acceptors (Lipinski definition) is 6. The summed E-state index contributed by atoms with van der Waals surface area (Å²) in [6.45, 7) is 1.42. The number of nitro groups is 1. The van der Waals surface area contributed by atoms with E-state index in [-0.39, 0.29) is 28.6 Å². The monoisotopic (exact) mass is 295 g/mol. The van der Waals surface area contributed by atoms with Crippen LogP contribution in [0.5, 0.6) is 0 Å². The van der Waals surface area contributed by atoms with Crippen molar-refractivity contribution in [1.82, 2.24) is 4.98 Å². The molecule has 0 fully saturated rings. The van der Waals surface area contributed by atoms with E-state index >= 15 is 0 Å². The second kappa shape index (κ2) is 5.67. The summed E-state index contributed by atoms with van der Waals surface area (Å²) in [4.78, 5) is 14.0. The topological polar surface area (TPSA) is 106 Å². The van der Waals surface area contributed by atoms with Gasteiger partial charge in [-0.15, -0.1) is 0 Å². The summed E-state index contributed by atoms with van der Waals surface area (Å²) < 4.78 is 27.2. The molecule has 0 aliphatic rings. The van der Waals surface area contributed by atoms with Gasteiger partial charge in [0.15, 0.2) is 0 Å². The van der Waals surface area contributed by atoms with Crippen molar-refractivity contribution in [2.45, 2.75) is 6.92 Å². The van der Waals surface area contributed by atoms with Gasteiger partial charge in [0.2, 0.25) is 0 Å². The van der Waals surface area contributed by atoms with E-state index in [1.165, 1.54) is 6.92 Å². The molecule has 0 aliphatic heterocycles. The third kappa shape index (κ3) is 3.20. The van der Waals surface area contributed by atoms with Crippen LogP contribution in [-0.4, -0.2) is 9.91 Å². The summed E-state index contributed by atoms with van der Waals surface area (Å²) in [7, 11) is 0. The number of nitrogens with one attached hydrogen (secondary N) is 2. The molecule has 2 aromatic rings. The summed E-state index contributed by atoms with van der Waals surface area (Å²) in [6.07, 6.45) is 0. The molecular weight excluding hydrogens is 284 g/mol. The molecule has 1 aromatic heterocycles. The van der Waals surface area contributed by atoms with Gasteiger partial charge in [0.1, 0.15) is 23.3 Å². The number of hydrogen-bond donors (Lipinski definition) is 3. The van der Waals surface area contributed by atoms with Crippen LogP contribution in [0.25, 0.3) is 0 Å². The summed E-state index contributed by atoms with van der Waals surface area (Å²) in [5, 5.41) is 13.3. The lowest BCUT2D eigenvalue weighted by atomic mass is 10.2. The van der Waals surface area contributed by atoms with Gasteiger partial charge >= 0.3 is 0 Å². The van der Waals surface area contributed by atoms with Gasteiger partial charge in [-0.05, 0) is 18.6 Å². The van der Waals surface area contributed by atoms with Crippen LogP contribution in [0.3, 0.4) is 0 Å². The summed E-state index contributed by atoms with van der Waals surface area (Å²) in [5.41, 5.74) is 1.82. The number of nitrogens with two attached hydrogens (primary N) is 1. The Kier molecular flexibility index (Phi) is 3.94. The van der Waals surface area contributed by atoms with Gasteiger partial charge in [-0.2, -0.15) is 0 Å². The van der Waals surface area contributed by atoms with Crippen molar-refractivity contribution in [3.63, 3.8) is 0 Å². The predicted molar refractivity (Wildman–Crippen MR) is 73.1 cm³/mol. The van der Waals surface area contributed by atoms with E-state index in [1.807, 2.05) is 0 Å². The molecule has 4 N–H and O–H groups in total. The van der Waals surface area contributed by atoms with Crippen LogP contribution >= 0.6 is 0 Å². The maximum atomic E-state index is 13.7. The van der Waals surface area contributed by atoms with Gasteiger partial charge in [0.05, 0.1) is 22.7 Å². The molecule has 0 bridgehead atoms. The molecule has 9 heteroatoms. The van der Waals surface area contributed by atoms with Crippen molar-refractivity contribution in [3.05, 3.63) is 51.6 Å². The summed E-state index contributed by atoms with van der Waals surface area (Å²) >= 11 is 0. The fourth-order valence-corrected chi connectivity index (χ4v) is 1.64. The highest BCUT2D eigenvalue weighted by Gasteiger charge is 2.13. The Morgan fingerprint density at radius 3 is 2.48 bits per heavy atom. The lowest BCUT2D eigenvalue weighted by molar-refractivity contribution is -0.384. The number of nitrogens with zero attached hydrogens (tertiary/aromatic N) is 2. The average Bonchev–Trinajstić information content (AvgIpc) is 2.44. The van der Waals surface area contributed by atoms with Crippen LogP contribution in [0, 0.1) is 28.7 Å². The van der Waals surface area contributed by atoms with Crippen LogP contribution < -0.4 is 16.6 Å². The summed E-state index contributed by atoms with van der Waals surface area (Å²) in [6, 6.07) is 4.15. The van der Waals surface area contributed by atoms with Crippen LogP contribution in [0.4, 0.5) is 31.8 Å². The van der Waals surface area contributed by atoms with E-state index in [0.29, 0.717) is 0 Å². The number of pyridine rings is 1. The van der Waals surface area contributed by atoms with E-state index in [9.17, 15) is 18.9 Å². The fraction of sp³-hybridized carbons (Fsp3) is 0.0833. The quantitative estimate of drug-likeness (QED) is 0.455. The van der Waals surface area contributed by atoms with Crippen LogP contribution in [-0.2, 0) is 0 Å². The number of aromatic nitrogens is 1. The standard InChI is InChI=1S/C12H11F2N5O2/c1-6-2-9(14)10(5-8(6)13)16-11-3-7(19(20)21)4-12(17-11)18-15/h2-5H,15H2,1H3,(H2,16,17,18). The Bertz CT molecular complexity index is 708. The average molecular weight is 295 g/mol. The fourth-order valence-electron chi connectivity index (χ4n) is 1.64. The first kappa shape index (κ1) is 14.6. The Balaban J connectivity index is 2.41. The van der Waals surface area contributed by atoms with Crippen molar-refractivity contribution in [2.75, 3.05) is 10.7 Å². The summed E-state index contributed by atoms with van der Waals surface area (Å²) in [5.74, 6) is 3.82. The largest absolute Gasteiger partial charge is 0.337 e. The third-order valence-corrected chi connectivity index (χ3v) is 2.68. The Hall–Kier alpha value is -2.81. The molecule has 7 nitrogen and oxygen atoms in total. The highest BCUT2D eigenvalue weighted by molar-refractivity contribution is 5.62. The molecule has 0 saturated heterocycles. The van der Waals surface area contributed by atoms with Gasteiger partial charge in [-0.25, -0.2) is 19.6 Å². The molecule has 1 heterocycles. The Morgan fingerprint density at radius 2 is 1.86 bits per heavy atom. The second-order valence-corrected chi connectivity index (χ2v) is 4.20. The molecule has 0 amide bonds. The van der Waals surface area contributed by atoms with Gasteiger partial charge in [0, 0.05) is 6.07 Å². The molecule has 0 spiro atoms. The van der Waals surface area contributed by atoms with E-state index in [2.05, 4.69) is 15.7 Å². The van der Waals surface area contributed by atoms with E-state index < -0.39 is 16.6 Å². The minimum atomic E-state index is -0.704. The van der Waals surface area contributed by atoms with Gasteiger partial charge in [-0.3, -0.25) is 10.1 Å². The smallest absolute Gasteiger partial charge is 0.276 e. The highest BCUT2D eigenvalue weighted by atomic mass is 19.1. The maximum absolute atomic E-state index is 13.7. The first-order valence-corrected chi connectivity index (χ1v) is 5.76. The predicted octanol–water partition coefficient (Wildman–Crippen LogP) is 2.61. The Labute approximate surface area is 117 Å². The normalized spacial score (nSPS) is 10.3. The van der Waals surface area contributed by atoms with E-state index in [0.717, 1.165) is 24.3 Å². The lowest BCUT2D eigenvalue weighted by Gasteiger charge is -2.09. The molecule has 110 valence electrons. The zero-order valence-corrected chi connectivity index (χ0v) is 10.9. The molecule has 2 rings (SSSR count). The number of rotatable bonds is 4. The SMILES string of the molecule is Cc1cc(F)c(Nc2cc([N+](=O)[O-])cc(NN)n2)cc1F. The number of benzene rings is 1. The van der Waals surface area contributed by atoms with Gasteiger partial charge in [0.25, 0.3) is 5.69 Å². The van der Waals surface area contributed by atoms with E-state index in [4.69, 9.17) is 5.84 Å². The molecule has 0 saturated carbocycles. The molecule has 0 atom stereocenters. The van der Waals surface area contributed by atoms with Crippen LogP contribution in [0.15, 0.2) is 24.3 Å². The van der Waals surface area contributed by atoms with Crippen molar-refractivity contribution >= 4 is 23.0 Å². The van der Waals surface area contributed by atoms with Gasteiger partial charge < -0.3 is 10.7 Å². The van der Waals surface area contributed by atoms with Gasteiger partial charge in [-0.1, -0.05) is 0 Å². The third-order valence-electron chi connectivity index (χ3n) is 2.68. The minimum absolute atomic E-state index is 0.0136. The van der Waals surface area contributed by atoms with Crippen molar-refractivity contribution in [1.29, 1.82) is 0 Å². The second-order valence-electron chi connectivity index (χ2n) is 4.20. The van der Waals surface area contributed by atoms with E-state index in [1.54, 1.807) is 0 Å². The molecule has 21 heavy (non-hydrogen) atoms.